The molecule has 6 nitrogen and oxygen atoms in total. The molecule has 1 heterocycles. The highest BCUT2D eigenvalue weighted by molar-refractivity contribution is 9.10. The smallest absolute Gasteiger partial charge is 0.261 e. The van der Waals surface area contributed by atoms with E-state index in [9.17, 15) is 14.9 Å². The van der Waals surface area contributed by atoms with Gasteiger partial charge >= 0.3 is 0 Å². The molecule has 1 atom stereocenters. The van der Waals surface area contributed by atoms with Gasteiger partial charge in [-0.1, -0.05) is 29.8 Å². The van der Waals surface area contributed by atoms with Crippen molar-refractivity contribution in [3.63, 3.8) is 0 Å². The van der Waals surface area contributed by atoms with Crippen LogP contribution in [0, 0.1) is 17.2 Å². The Bertz CT molecular complexity index is 853. The summed E-state index contributed by atoms with van der Waals surface area (Å²) in [6, 6.07) is 7.31. The molecular weight excluding hydrogens is 360 g/mol. The first kappa shape index (κ1) is 17.2. The minimum absolute atomic E-state index is 0.0566. The number of aromatic nitrogens is 2. The summed E-state index contributed by atoms with van der Waals surface area (Å²) >= 11 is 3.32. The van der Waals surface area contributed by atoms with Crippen LogP contribution in [0.2, 0.25) is 0 Å². The summed E-state index contributed by atoms with van der Waals surface area (Å²) in [5.74, 6) is -0.458. The summed E-state index contributed by atoms with van der Waals surface area (Å²) < 4.78 is 2.00. The zero-order valence-electron chi connectivity index (χ0n) is 13.1. The van der Waals surface area contributed by atoms with Crippen LogP contribution in [0.4, 0.5) is 0 Å². The number of rotatable bonds is 4. The van der Waals surface area contributed by atoms with Crippen LogP contribution in [0.3, 0.4) is 0 Å². The van der Waals surface area contributed by atoms with E-state index in [1.165, 1.54) is 10.9 Å². The van der Waals surface area contributed by atoms with E-state index in [0.717, 1.165) is 4.47 Å². The van der Waals surface area contributed by atoms with E-state index in [-0.39, 0.29) is 18.0 Å². The number of amides is 1. The normalized spacial score (nSPS) is 13.6. The average Bonchev–Trinajstić information content (AvgIpc) is 2.50. The molecule has 0 aliphatic carbocycles. The van der Waals surface area contributed by atoms with Gasteiger partial charge in [-0.05, 0) is 31.0 Å². The van der Waals surface area contributed by atoms with Crippen LogP contribution in [0.15, 0.2) is 33.8 Å². The van der Waals surface area contributed by atoms with Crippen molar-refractivity contribution in [1.82, 2.24) is 14.9 Å². The van der Waals surface area contributed by atoms with Crippen molar-refractivity contribution in [2.24, 2.45) is 5.92 Å². The average molecular weight is 377 g/mol. The van der Waals surface area contributed by atoms with Crippen LogP contribution in [0.5, 0.6) is 0 Å². The molecule has 1 aromatic carbocycles. The van der Waals surface area contributed by atoms with Crippen molar-refractivity contribution in [3.8, 4) is 6.07 Å². The minimum Gasteiger partial charge on any atom is -0.336 e. The van der Waals surface area contributed by atoms with Gasteiger partial charge in [0.05, 0.1) is 23.3 Å². The van der Waals surface area contributed by atoms with Crippen molar-refractivity contribution in [3.05, 3.63) is 39.4 Å². The van der Waals surface area contributed by atoms with E-state index < -0.39 is 11.4 Å². The summed E-state index contributed by atoms with van der Waals surface area (Å²) in [6.45, 7) is 5.18. The van der Waals surface area contributed by atoms with Gasteiger partial charge in [-0.2, -0.15) is 5.26 Å². The number of hydrogen-bond donors (Lipinski definition) is 1. The molecular formula is C16H17BrN4O2. The lowest BCUT2D eigenvalue weighted by Crippen LogP contribution is -2.50. The summed E-state index contributed by atoms with van der Waals surface area (Å²) in [7, 11) is 0. The van der Waals surface area contributed by atoms with Gasteiger partial charge in [-0.25, -0.2) is 4.98 Å². The van der Waals surface area contributed by atoms with E-state index in [2.05, 4.69) is 32.3 Å². The fourth-order valence-electron chi connectivity index (χ4n) is 2.03. The van der Waals surface area contributed by atoms with Crippen molar-refractivity contribution >= 4 is 32.7 Å². The maximum Gasteiger partial charge on any atom is 0.261 e. The van der Waals surface area contributed by atoms with Gasteiger partial charge in [0.2, 0.25) is 5.91 Å². The summed E-state index contributed by atoms with van der Waals surface area (Å²) in [5, 5.41) is 12.4. The number of fused-ring (bicyclic) bond motifs is 1. The summed E-state index contributed by atoms with van der Waals surface area (Å²) in [4.78, 5) is 28.8. The number of halogens is 1. The lowest BCUT2D eigenvalue weighted by molar-refractivity contribution is -0.123. The highest BCUT2D eigenvalue weighted by Crippen LogP contribution is 2.16. The molecule has 23 heavy (non-hydrogen) atoms. The van der Waals surface area contributed by atoms with Crippen LogP contribution in [0.1, 0.15) is 20.8 Å². The van der Waals surface area contributed by atoms with Gasteiger partial charge < -0.3 is 5.32 Å². The fraction of sp³-hybridized carbons (Fsp3) is 0.375. The van der Waals surface area contributed by atoms with Gasteiger partial charge in [-0.3, -0.25) is 14.2 Å². The molecule has 0 saturated heterocycles. The molecule has 2 aromatic rings. The third-order valence-corrected chi connectivity index (χ3v) is 4.38. The molecule has 1 unspecified atom stereocenters. The van der Waals surface area contributed by atoms with Crippen molar-refractivity contribution in [2.75, 3.05) is 0 Å². The molecule has 1 aromatic heterocycles. The maximum absolute atomic E-state index is 12.4. The minimum atomic E-state index is -0.978. The van der Waals surface area contributed by atoms with Crippen LogP contribution in [0.25, 0.3) is 10.9 Å². The zero-order chi connectivity index (χ0) is 17.2. The zero-order valence-corrected chi connectivity index (χ0v) is 14.7. The predicted molar refractivity (Wildman–Crippen MR) is 90.7 cm³/mol. The molecule has 0 bridgehead atoms. The molecule has 0 saturated carbocycles. The van der Waals surface area contributed by atoms with Gasteiger partial charge in [0.1, 0.15) is 12.1 Å². The lowest BCUT2D eigenvalue weighted by Gasteiger charge is -2.27. The number of nitriles is 1. The van der Waals surface area contributed by atoms with Crippen LogP contribution >= 0.6 is 15.9 Å². The molecule has 1 N–H and O–H groups in total. The molecule has 0 fully saturated rings. The van der Waals surface area contributed by atoms with Crippen molar-refractivity contribution < 1.29 is 4.79 Å². The summed E-state index contributed by atoms with van der Waals surface area (Å²) in [5.41, 5.74) is -0.706. The molecule has 2 rings (SSSR count). The third-order valence-electron chi connectivity index (χ3n) is 3.89. The lowest BCUT2D eigenvalue weighted by atomic mass is 9.90. The fourth-order valence-corrected chi connectivity index (χ4v) is 2.39. The van der Waals surface area contributed by atoms with Crippen LogP contribution in [-0.2, 0) is 11.3 Å². The molecule has 0 radical (unpaired) electrons. The predicted octanol–water partition coefficient (Wildman–Crippen LogP) is 2.21. The van der Waals surface area contributed by atoms with E-state index in [1.54, 1.807) is 25.1 Å². The number of nitrogens with zero attached hydrogens (tertiary/aromatic N) is 3. The number of carbonyl (C=O) groups excluding carboxylic acids is 1. The standard InChI is InChI=1S/C16H17BrN4O2/c1-10(2)16(3,8-18)20-14(22)7-21-9-19-13-5-4-11(17)6-12(13)15(21)23/h4-6,9-10H,7H2,1-3H3,(H,20,22). The van der Waals surface area contributed by atoms with E-state index in [0.29, 0.717) is 10.9 Å². The Morgan fingerprint density at radius 3 is 2.83 bits per heavy atom. The third kappa shape index (κ3) is 3.59. The topological polar surface area (TPSA) is 87.8 Å². The second kappa shape index (κ2) is 6.50. The Balaban J connectivity index is 2.29. The molecule has 7 heteroatoms. The molecule has 1 amide bonds. The Kier molecular flexibility index (Phi) is 4.85. The maximum atomic E-state index is 12.4. The highest BCUT2D eigenvalue weighted by atomic mass is 79.9. The highest BCUT2D eigenvalue weighted by Gasteiger charge is 2.30. The largest absolute Gasteiger partial charge is 0.336 e. The first-order chi connectivity index (χ1) is 10.8. The van der Waals surface area contributed by atoms with Gasteiger partial charge in [-0.15, -0.1) is 0 Å². The molecule has 120 valence electrons. The van der Waals surface area contributed by atoms with Crippen LogP contribution in [-0.4, -0.2) is 21.0 Å². The first-order valence-electron chi connectivity index (χ1n) is 7.14. The number of nitrogens with one attached hydrogen (secondary N) is 1. The van der Waals surface area contributed by atoms with Crippen molar-refractivity contribution in [2.45, 2.75) is 32.9 Å². The summed E-state index contributed by atoms with van der Waals surface area (Å²) in [6.07, 6.45) is 1.34. The monoisotopic (exact) mass is 376 g/mol. The molecule has 0 aliphatic rings. The molecule has 0 aliphatic heterocycles. The Hall–Kier alpha value is -2.20. The number of benzene rings is 1. The van der Waals surface area contributed by atoms with E-state index in [1.807, 2.05) is 13.8 Å². The number of carbonyl (C=O) groups is 1. The first-order valence-corrected chi connectivity index (χ1v) is 7.93. The van der Waals surface area contributed by atoms with Crippen molar-refractivity contribution in [1.29, 1.82) is 5.26 Å². The second-order valence-electron chi connectivity index (χ2n) is 5.86. The van der Waals surface area contributed by atoms with E-state index >= 15 is 0 Å². The Labute approximate surface area is 142 Å². The van der Waals surface area contributed by atoms with Gasteiger partial charge in [0.25, 0.3) is 5.56 Å². The SMILES string of the molecule is CC(C)C(C)(C#N)NC(=O)Cn1cnc2ccc(Br)cc2c1=O. The number of hydrogen-bond acceptors (Lipinski definition) is 4. The van der Waals surface area contributed by atoms with Gasteiger partial charge in [0, 0.05) is 4.47 Å². The Morgan fingerprint density at radius 1 is 1.52 bits per heavy atom. The van der Waals surface area contributed by atoms with E-state index in [4.69, 9.17) is 0 Å². The second-order valence-corrected chi connectivity index (χ2v) is 6.77. The van der Waals surface area contributed by atoms with Crippen LogP contribution < -0.4 is 10.9 Å². The van der Waals surface area contributed by atoms with Gasteiger partial charge in [0.15, 0.2) is 0 Å². The quantitative estimate of drug-likeness (QED) is 0.885. The Morgan fingerprint density at radius 2 is 2.22 bits per heavy atom. The molecule has 0 spiro atoms.